The van der Waals surface area contributed by atoms with Crippen LogP contribution in [0.15, 0.2) is 54.2 Å². The van der Waals surface area contributed by atoms with Gasteiger partial charge in [0.05, 0.1) is 0 Å². The molecule has 0 spiro atoms. The minimum atomic E-state index is -0.451. The van der Waals surface area contributed by atoms with Gasteiger partial charge in [-0.15, -0.1) is 0 Å². The maximum Gasteiger partial charge on any atom is 0.266 e. The van der Waals surface area contributed by atoms with Gasteiger partial charge >= 0.3 is 0 Å². The maximum absolute atomic E-state index is 12.9. The highest BCUT2D eigenvalue weighted by molar-refractivity contribution is 6.11. The Morgan fingerprint density at radius 3 is 2.61 bits per heavy atom. The van der Waals surface area contributed by atoms with E-state index >= 15 is 0 Å². The second-order valence-electron chi connectivity index (χ2n) is 8.61. The molecular weight excluding hydrogens is 412 g/mol. The van der Waals surface area contributed by atoms with Crippen LogP contribution in [0, 0.1) is 25.2 Å². The van der Waals surface area contributed by atoms with E-state index in [0.717, 1.165) is 53.5 Å². The van der Waals surface area contributed by atoms with Crippen LogP contribution in [-0.4, -0.2) is 34.4 Å². The van der Waals surface area contributed by atoms with E-state index in [1.54, 1.807) is 6.08 Å². The molecule has 1 aliphatic rings. The molecule has 33 heavy (non-hydrogen) atoms. The number of hydrogen-bond donors (Lipinski definition) is 1. The SMILES string of the molecule is Cc1ccc(C)c(NC(=O)/C(C#N)=C/c2cn(CC(=O)N3CCCCC3)c3ccccc23)c1. The standard InChI is InChI=1S/C27H28N4O2/c1-19-10-11-20(2)24(14-19)29-27(33)21(16-28)15-22-17-31(25-9-5-4-8-23(22)25)18-26(32)30-12-6-3-7-13-30/h4-5,8-11,14-15,17H,3,6-7,12-13,18H2,1-2H3,(H,29,33)/b21-15+. The Morgan fingerprint density at radius 1 is 1.09 bits per heavy atom. The van der Waals surface area contributed by atoms with Crippen LogP contribution in [0.1, 0.15) is 36.0 Å². The number of benzene rings is 2. The first-order chi connectivity index (χ1) is 16.0. The number of aryl methyl sites for hydroxylation is 2. The summed E-state index contributed by atoms with van der Waals surface area (Å²) in [5, 5.41) is 13.5. The molecule has 0 saturated carbocycles. The Bertz CT molecular complexity index is 1270. The van der Waals surface area contributed by atoms with Crippen molar-refractivity contribution in [1.82, 2.24) is 9.47 Å². The third-order valence-electron chi connectivity index (χ3n) is 6.14. The topological polar surface area (TPSA) is 78.1 Å². The molecule has 2 heterocycles. The third kappa shape index (κ3) is 4.98. The Morgan fingerprint density at radius 2 is 1.85 bits per heavy atom. The lowest BCUT2D eigenvalue weighted by Crippen LogP contribution is -2.37. The normalized spacial score (nSPS) is 14.2. The van der Waals surface area contributed by atoms with Gasteiger partial charge in [-0.3, -0.25) is 9.59 Å². The third-order valence-corrected chi connectivity index (χ3v) is 6.14. The van der Waals surface area contributed by atoms with Gasteiger partial charge in [-0.2, -0.15) is 5.26 Å². The van der Waals surface area contributed by atoms with Crippen molar-refractivity contribution in [1.29, 1.82) is 5.26 Å². The minimum Gasteiger partial charge on any atom is -0.341 e. The highest BCUT2D eigenvalue weighted by Crippen LogP contribution is 2.25. The summed E-state index contributed by atoms with van der Waals surface area (Å²) in [7, 11) is 0. The lowest BCUT2D eigenvalue weighted by molar-refractivity contribution is -0.132. The number of carbonyl (C=O) groups excluding carboxylic acids is 2. The lowest BCUT2D eigenvalue weighted by Gasteiger charge is -2.27. The highest BCUT2D eigenvalue weighted by Gasteiger charge is 2.19. The first-order valence-electron chi connectivity index (χ1n) is 11.3. The summed E-state index contributed by atoms with van der Waals surface area (Å²) in [6.45, 7) is 5.72. The number of carbonyl (C=O) groups is 2. The first kappa shape index (κ1) is 22.3. The second kappa shape index (κ2) is 9.74. The van der Waals surface area contributed by atoms with Gasteiger partial charge in [0.15, 0.2) is 0 Å². The fraction of sp³-hybridized carbons (Fsp3) is 0.296. The van der Waals surface area contributed by atoms with E-state index < -0.39 is 5.91 Å². The average molecular weight is 441 g/mol. The zero-order valence-electron chi connectivity index (χ0n) is 19.1. The fourth-order valence-corrected chi connectivity index (χ4v) is 4.27. The predicted molar refractivity (Wildman–Crippen MR) is 131 cm³/mol. The largest absolute Gasteiger partial charge is 0.341 e. The summed E-state index contributed by atoms with van der Waals surface area (Å²) < 4.78 is 1.91. The molecule has 0 aliphatic carbocycles. The van der Waals surface area contributed by atoms with Gasteiger partial charge in [0.2, 0.25) is 5.91 Å². The number of likely N-dealkylation sites (tertiary alicyclic amines) is 1. The van der Waals surface area contributed by atoms with Gasteiger partial charge in [0.1, 0.15) is 18.2 Å². The molecule has 6 heteroatoms. The number of hydrogen-bond acceptors (Lipinski definition) is 3. The number of rotatable bonds is 5. The number of nitriles is 1. The summed E-state index contributed by atoms with van der Waals surface area (Å²) in [5.41, 5.74) is 4.31. The lowest BCUT2D eigenvalue weighted by atomic mass is 10.1. The number of aromatic nitrogens is 1. The molecule has 2 aromatic carbocycles. The molecule has 4 rings (SSSR count). The van der Waals surface area contributed by atoms with Crippen molar-refractivity contribution >= 4 is 34.5 Å². The van der Waals surface area contributed by atoms with Crippen molar-refractivity contribution < 1.29 is 9.59 Å². The average Bonchev–Trinajstić information content (AvgIpc) is 3.17. The molecule has 3 aromatic rings. The van der Waals surface area contributed by atoms with Gasteiger partial charge in [0, 0.05) is 41.4 Å². The molecule has 1 N–H and O–H groups in total. The Balaban J connectivity index is 1.62. The number of fused-ring (bicyclic) bond motifs is 1. The van der Waals surface area contributed by atoms with Gasteiger partial charge in [0.25, 0.3) is 5.91 Å². The number of piperidine rings is 1. The van der Waals surface area contributed by atoms with Crippen LogP contribution in [0.5, 0.6) is 0 Å². The van der Waals surface area contributed by atoms with Crippen molar-refractivity contribution in [3.05, 3.63) is 70.9 Å². The van der Waals surface area contributed by atoms with Crippen molar-refractivity contribution in [2.45, 2.75) is 39.7 Å². The molecule has 0 radical (unpaired) electrons. The van der Waals surface area contributed by atoms with Crippen molar-refractivity contribution in [3.8, 4) is 6.07 Å². The number of nitrogens with zero attached hydrogens (tertiary/aromatic N) is 3. The second-order valence-corrected chi connectivity index (χ2v) is 8.61. The summed E-state index contributed by atoms with van der Waals surface area (Å²) in [5.74, 6) is -0.355. The predicted octanol–water partition coefficient (Wildman–Crippen LogP) is 4.82. The van der Waals surface area contributed by atoms with E-state index in [1.807, 2.05) is 78.0 Å². The zero-order chi connectivity index (χ0) is 23.4. The minimum absolute atomic E-state index is 0.0150. The van der Waals surface area contributed by atoms with E-state index in [-0.39, 0.29) is 18.0 Å². The fourth-order valence-electron chi connectivity index (χ4n) is 4.27. The molecule has 0 atom stereocenters. The monoisotopic (exact) mass is 440 g/mol. The van der Waals surface area contributed by atoms with Crippen LogP contribution in [-0.2, 0) is 16.1 Å². The number of para-hydroxylation sites is 1. The van der Waals surface area contributed by atoms with Crippen molar-refractivity contribution in [2.24, 2.45) is 0 Å². The molecule has 6 nitrogen and oxygen atoms in total. The molecule has 168 valence electrons. The molecule has 1 aromatic heterocycles. The van der Waals surface area contributed by atoms with Crippen molar-refractivity contribution in [2.75, 3.05) is 18.4 Å². The molecule has 0 unspecified atom stereocenters. The molecule has 0 bridgehead atoms. The van der Waals surface area contributed by atoms with Crippen molar-refractivity contribution in [3.63, 3.8) is 0 Å². The first-order valence-corrected chi connectivity index (χ1v) is 11.3. The van der Waals surface area contributed by atoms with E-state index in [0.29, 0.717) is 5.69 Å². The molecule has 1 fully saturated rings. The molecule has 1 aliphatic heterocycles. The molecule has 1 saturated heterocycles. The van der Waals surface area contributed by atoms with Gasteiger partial charge < -0.3 is 14.8 Å². The van der Waals surface area contributed by atoms with Crippen LogP contribution in [0.25, 0.3) is 17.0 Å². The quantitative estimate of drug-likeness (QED) is 0.457. The summed E-state index contributed by atoms with van der Waals surface area (Å²) >= 11 is 0. The number of amides is 2. The van der Waals surface area contributed by atoms with E-state index in [2.05, 4.69) is 5.32 Å². The Labute approximate surface area is 194 Å². The Hall–Kier alpha value is -3.85. The maximum atomic E-state index is 12.9. The smallest absolute Gasteiger partial charge is 0.266 e. The summed E-state index contributed by atoms with van der Waals surface area (Å²) in [6, 6.07) is 15.6. The van der Waals surface area contributed by atoms with E-state index in [1.165, 1.54) is 6.42 Å². The van der Waals surface area contributed by atoms with E-state index in [4.69, 9.17) is 0 Å². The van der Waals surface area contributed by atoms with Gasteiger partial charge in [-0.05, 0) is 62.4 Å². The summed E-state index contributed by atoms with van der Waals surface area (Å²) in [4.78, 5) is 27.6. The van der Waals surface area contributed by atoms with Crippen LogP contribution in [0.4, 0.5) is 5.69 Å². The van der Waals surface area contributed by atoms with Crippen LogP contribution < -0.4 is 5.32 Å². The zero-order valence-corrected chi connectivity index (χ0v) is 19.1. The van der Waals surface area contributed by atoms with Crippen LogP contribution >= 0.6 is 0 Å². The molecule has 2 amide bonds. The van der Waals surface area contributed by atoms with Gasteiger partial charge in [-0.25, -0.2) is 0 Å². The van der Waals surface area contributed by atoms with Gasteiger partial charge in [-0.1, -0.05) is 30.3 Å². The summed E-state index contributed by atoms with van der Waals surface area (Å²) in [6.07, 6.45) is 6.73. The Kier molecular flexibility index (Phi) is 6.60. The highest BCUT2D eigenvalue weighted by atomic mass is 16.2. The number of anilines is 1. The van der Waals surface area contributed by atoms with Crippen LogP contribution in [0.3, 0.4) is 0 Å². The van der Waals surface area contributed by atoms with Crippen LogP contribution in [0.2, 0.25) is 0 Å². The molecular formula is C27H28N4O2. The van der Waals surface area contributed by atoms with E-state index in [9.17, 15) is 14.9 Å². The number of nitrogens with one attached hydrogen (secondary N) is 1.